The van der Waals surface area contributed by atoms with E-state index < -0.39 is 0 Å². The minimum atomic E-state index is 0.831. The van der Waals surface area contributed by atoms with E-state index in [1.807, 2.05) is 6.07 Å². The molecule has 2 heterocycles. The number of rotatable bonds is 3. The fourth-order valence-corrected chi connectivity index (χ4v) is 3.05. The van der Waals surface area contributed by atoms with Gasteiger partial charge in [-0.3, -0.25) is 0 Å². The van der Waals surface area contributed by atoms with Gasteiger partial charge in [0.15, 0.2) is 0 Å². The molecule has 0 amide bonds. The number of anilines is 1. The zero-order valence-corrected chi connectivity index (χ0v) is 10.6. The Balaban J connectivity index is 1.88. The minimum absolute atomic E-state index is 0.831. The Labute approximate surface area is 100 Å². The number of nitrogens with one attached hydrogen (secondary N) is 1. The average Bonchev–Trinajstić information content (AvgIpc) is 2.66. The van der Waals surface area contributed by atoms with Crippen LogP contribution in [0.1, 0.15) is 12.8 Å². The zero-order chi connectivity index (χ0) is 10.7. The maximum Gasteiger partial charge on any atom is 0.0950 e. The Bertz CT molecular complexity index is 307. The van der Waals surface area contributed by atoms with Gasteiger partial charge in [-0.25, -0.2) is 0 Å². The van der Waals surface area contributed by atoms with Gasteiger partial charge in [-0.15, -0.1) is 11.3 Å². The molecule has 0 aliphatic carbocycles. The molecule has 84 valence electrons. The molecule has 0 unspecified atom stereocenters. The molecule has 0 spiro atoms. The van der Waals surface area contributed by atoms with E-state index in [0.717, 1.165) is 16.8 Å². The SMILES string of the molecule is CN(CC1CCNCC1)c1ccc(Cl)s1. The first-order valence-electron chi connectivity index (χ1n) is 5.43. The lowest BCUT2D eigenvalue weighted by Crippen LogP contribution is -2.34. The van der Waals surface area contributed by atoms with Gasteiger partial charge in [-0.1, -0.05) is 11.6 Å². The largest absolute Gasteiger partial charge is 0.366 e. The van der Waals surface area contributed by atoms with Gasteiger partial charge in [0, 0.05) is 13.6 Å². The van der Waals surface area contributed by atoms with Gasteiger partial charge >= 0.3 is 0 Å². The first kappa shape index (κ1) is 11.2. The third kappa shape index (κ3) is 3.10. The number of thiophene rings is 1. The summed E-state index contributed by atoms with van der Waals surface area (Å²) < 4.78 is 0.877. The summed E-state index contributed by atoms with van der Waals surface area (Å²) in [6, 6.07) is 4.08. The summed E-state index contributed by atoms with van der Waals surface area (Å²) in [7, 11) is 2.16. The van der Waals surface area contributed by atoms with Crippen molar-refractivity contribution in [1.29, 1.82) is 0 Å². The highest BCUT2D eigenvalue weighted by Crippen LogP contribution is 2.29. The third-order valence-electron chi connectivity index (χ3n) is 2.93. The van der Waals surface area contributed by atoms with E-state index in [0.29, 0.717) is 0 Å². The summed E-state index contributed by atoms with van der Waals surface area (Å²) in [6.45, 7) is 3.49. The quantitative estimate of drug-likeness (QED) is 0.880. The molecule has 1 saturated heterocycles. The van der Waals surface area contributed by atoms with Crippen LogP contribution in [0.5, 0.6) is 0 Å². The molecule has 1 aromatic heterocycles. The number of halogens is 1. The van der Waals surface area contributed by atoms with Crippen LogP contribution in [0.25, 0.3) is 0 Å². The van der Waals surface area contributed by atoms with E-state index in [-0.39, 0.29) is 0 Å². The normalized spacial score (nSPS) is 18.0. The predicted molar refractivity (Wildman–Crippen MR) is 68.2 cm³/mol. The molecule has 2 rings (SSSR count). The van der Waals surface area contributed by atoms with E-state index in [1.54, 1.807) is 11.3 Å². The lowest BCUT2D eigenvalue weighted by Gasteiger charge is -2.27. The van der Waals surface area contributed by atoms with Gasteiger partial charge < -0.3 is 10.2 Å². The van der Waals surface area contributed by atoms with Crippen molar-refractivity contribution in [3.8, 4) is 0 Å². The fourth-order valence-electron chi connectivity index (χ4n) is 2.05. The Morgan fingerprint density at radius 2 is 2.20 bits per heavy atom. The summed E-state index contributed by atoms with van der Waals surface area (Å²) in [4.78, 5) is 2.33. The second kappa shape index (κ2) is 5.19. The highest BCUT2D eigenvalue weighted by atomic mass is 35.5. The molecule has 0 bridgehead atoms. The second-order valence-electron chi connectivity index (χ2n) is 4.15. The molecule has 1 aliphatic rings. The molecular formula is C11H17ClN2S. The summed E-state index contributed by atoms with van der Waals surface area (Å²) >= 11 is 7.59. The molecule has 15 heavy (non-hydrogen) atoms. The van der Waals surface area contributed by atoms with E-state index in [2.05, 4.69) is 23.3 Å². The van der Waals surface area contributed by atoms with Crippen LogP contribution in [0.3, 0.4) is 0 Å². The topological polar surface area (TPSA) is 15.3 Å². The molecule has 0 atom stereocenters. The smallest absolute Gasteiger partial charge is 0.0950 e. The summed E-state index contributed by atoms with van der Waals surface area (Å²) in [6.07, 6.45) is 2.59. The molecular weight excluding hydrogens is 228 g/mol. The Hall–Kier alpha value is -0.250. The van der Waals surface area contributed by atoms with Crippen LogP contribution in [0.2, 0.25) is 4.34 Å². The minimum Gasteiger partial charge on any atom is -0.366 e. The number of piperidine rings is 1. The van der Waals surface area contributed by atoms with Crippen molar-refractivity contribution >= 4 is 27.9 Å². The summed E-state index contributed by atoms with van der Waals surface area (Å²) in [5, 5.41) is 4.67. The molecule has 1 N–H and O–H groups in total. The van der Waals surface area contributed by atoms with Crippen LogP contribution in [-0.4, -0.2) is 26.7 Å². The van der Waals surface area contributed by atoms with E-state index >= 15 is 0 Å². The van der Waals surface area contributed by atoms with Gasteiger partial charge in [0.2, 0.25) is 0 Å². The van der Waals surface area contributed by atoms with Gasteiger partial charge in [-0.05, 0) is 44.0 Å². The molecule has 0 aromatic carbocycles. The van der Waals surface area contributed by atoms with Crippen LogP contribution < -0.4 is 10.2 Å². The van der Waals surface area contributed by atoms with E-state index in [9.17, 15) is 0 Å². The Morgan fingerprint density at radius 1 is 1.47 bits per heavy atom. The number of hydrogen-bond acceptors (Lipinski definition) is 3. The second-order valence-corrected chi connectivity index (χ2v) is 5.85. The van der Waals surface area contributed by atoms with Crippen LogP contribution in [0, 0.1) is 5.92 Å². The Morgan fingerprint density at radius 3 is 2.80 bits per heavy atom. The van der Waals surface area contributed by atoms with Crippen molar-refractivity contribution in [3.63, 3.8) is 0 Å². The Kier molecular flexibility index (Phi) is 3.89. The van der Waals surface area contributed by atoms with Crippen LogP contribution in [0.4, 0.5) is 5.00 Å². The van der Waals surface area contributed by atoms with Gasteiger partial charge in [0.25, 0.3) is 0 Å². The monoisotopic (exact) mass is 244 g/mol. The van der Waals surface area contributed by atoms with Crippen LogP contribution in [-0.2, 0) is 0 Å². The van der Waals surface area contributed by atoms with Crippen molar-refractivity contribution in [2.75, 3.05) is 31.6 Å². The highest BCUT2D eigenvalue weighted by Gasteiger charge is 2.15. The molecule has 2 nitrogen and oxygen atoms in total. The molecule has 4 heteroatoms. The summed E-state index contributed by atoms with van der Waals surface area (Å²) in [5.41, 5.74) is 0. The van der Waals surface area contributed by atoms with Crippen molar-refractivity contribution in [2.24, 2.45) is 5.92 Å². The van der Waals surface area contributed by atoms with Gasteiger partial charge in [-0.2, -0.15) is 0 Å². The maximum absolute atomic E-state index is 5.93. The lowest BCUT2D eigenvalue weighted by atomic mass is 9.98. The third-order valence-corrected chi connectivity index (χ3v) is 4.27. The molecule has 0 radical (unpaired) electrons. The number of hydrogen-bond donors (Lipinski definition) is 1. The van der Waals surface area contributed by atoms with E-state index in [1.165, 1.54) is 30.9 Å². The summed E-state index contributed by atoms with van der Waals surface area (Å²) in [5.74, 6) is 0.831. The fraction of sp³-hybridized carbons (Fsp3) is 0.636. The first-order chi connectivity index (χ1) is 7.25. The molecule has 1 fully saturated rings. The average molecular weight is 245 g/mol. The zero-order valence-electron chi connectivity index (χ0n) is 9.00. The molecule has 1 aromatic rings. The number of nitrogens with zero attached hydrogens (tertiary/aromatic N) is 1. The van der Waals surface area contributed by atoms with Gasteiger partial charge in [0.05, 0.1) is 9.34 Å². The van der Waals surface area contributed by atoms with Gasteiger partial charge in [0.1, 0.15) is 0 Å². The van der Waals surface area contributed by atoms with Crippen molar-refractivity contribution < 1.29 is 0 Å². The molecule has 1 aliphatic heterocycles. The maximum atomic E-state index is 5.93. The van der Waals surface area contributed by atoms with Crippen molar-refractivity contribution in [1.82, 2.24) is 5.32 Å². The van der Waals surface area contributed by atoms with E-state index in [4.69, 9.17) is 11.6 Å². The van der Waals surface area contributed by atoms with Crippen molar-refractivity contribution in [3.05, 3.63) is 16.5 Å². The standard InChI is InChI=1S/C11H17ClN2S/c1-14(11-3-2-10(12)15-11)8-9-4-6-13-7-5-9/h2-3,9,13H,4-8H2,1H3. The van der Waals surface area contributed by atoms with Crippen LogP contribution >= 0.6 is 22.9 Å². The molecule has 0 saturated carbocycles. The van der Waals surface area contributed by atoms with Crippen LogP contribution in [0.15, 0.2) is 12.1 Å². The van der Waals surface area contributed by atoms with Crippen molar-refractivity contribution in [2.45, 2.75) is 12.8 Å². The predicted octanol–water partition coefficient (Wildman–Crippen LogP) is 2.84. The first-order valence-corrected chi connectivity index (χ1v) is 6.62. The highest BCUT2D eigenvalue weighted by molar-refractivity contribution is 7.19. The lowest BCUT2D eigenvalue weighted by molar-refractivity contribution is 0.378.